The molecule has 100 valence electrons. The lowest BCUT2D eigenvalue weighted by Crippen LogP contribution is -2.01. The van der Waals surface area contributed by atoms with E-state index in [4.69, 9.17) is 0 Å². The maximum absolute atomic E-state index is 4.32. The molecule has 0 aliphatic heterocycles. The van der Waals surface area contributed by atoms with Gasteiger partial charge in [0.2, 0.25) is 0 Å². The van der Waals surface area contributed by atoms with Gasteiger partial charge in [-0.15, -0.1) is 10.2 Å². The third-order valence-electron chi connectivity index (χ3n) is 3.23. The molecule has 0 bridgehead atoms. The van der Waals surface area contributed by atoms with Crippen molar-refractivity contribution in [2.45, 2.75) is 33.6 Å². The van der Waals surface area contributed by atoms with Gasteiger partial charge in [-0.3, -0.25) is 0 Å². The van der Waals surface area contributed by atoms with Crippen LogP contribution in [0.15, 0.2) is 30.3 Å². The van der Waals surface area contributed by atoms with Crippen molar-refractivity contribution in [3.05, 3.63) is 41.5 Å². The Labute approximate surface area is 115 Å². The van der Waals surface area contributed by atoms with Crippen molar-refractivity contribution in [1.29, 1.82) is 0 Å². The van der Waals surface area contributed by atoms with Crippen LogP contribution in [0.3, 0.4) is 0 Å². The van der Waals surface area contributed by atoms with Crippen LogP contribution in [0.5, 0.6) is 0 Å². The zero-order valence-corrected chi connectivity index (χ0v) is 12.1. The molecule has 0 saturated heterocycles. The van der Waals surface area contributed by atoms with Crippen LogP contribution in [0.1, 0.15) is 37.8 Å². The van der Waals surface area contributed by atoms with Crippen LogP contribution in [0, 0.1) is 6.92 Å². The second-order valence-electron chi connectivity index (χ2n) is 5.06. The molecule has 0 fully saturated rings. The molecule has 3 heteroatoms. The normalized spacial score (nSPS) is 10.8. The van der Waals surface area contributed by atoms with E-state index >= 15 is 0 Å². The van der Waals surface area contributed by atoms with Crippen LogP contribution < -0.4 is 5.32 Å². The van der Waals surface area contributed by atoms with Gasteiger partial charge >= 0.3 is 0 Å². The van der Waals surface area contributed by atoms with Gasteiger partial charge in [0.25, 0.3) is 0 Å². The van der Waals surface area contributed by atoms with Crippen molar-refractivity contribution in [2.75, 3.05) is 11.9 Å². The van der Waals surface area contributed by atoms with Gasteiger partial charge in [-0.1, -0.05) is 26.0 Å². The molecule has 2 rings (SSSR count). The van der Waals surface area contributed by atoms with Gasteiger partial charge in [-0.05, 0) is 49.1 Å². The number of rotatable bonds is 4. The van der Waals surface area contributed by atoms with Crippen molar-refractivity contribution < 1.29 is 0 Å². The smallest absolute Gasteiger partial charge is 0.148 e. The zero-order valence-electron chi connectivity index (χ0n) is 12.1. The number of hydrogen-bond donors (Lipinski definition) is 1. The summed E-state index contributed by atoms with van der Waals surface area (Å²) >= 11 is 0. The summed E-state index contributed by atoms with van der Waals surface area (Å²) in [5, 5.41) is 11.7. The third kappa shape index (κ3) is 3.11. The highest BCUT2D eigenvalue weighted by atomic mass is 15.2. The summed E-state index contributed by atoms with van der Waals surface area (Å²) in [4.78, 5) is 0. The Bertz CT molecular complexity index is 544. The predicted molar refractivity (Wildman–Crippen MR) is 80.5 cm³/mol. The minimum absolute atomic E-state index is 0.522. The molecule has 0 amide bonds. The number of nitrogens with one attached hydrogen (secondary N) is 1. The van der Waals surface area contributed by atoms with Gasteiger partial charge in [0.15, 0.2) is 0 Å². The van der Waals surface area contributed by atoms with Crippen molar-refractivity contribution in [3.8, 4) is 11.3 Å². The van der Waals surface area contributed by atoms with Crippen molar-refractivity contribution in [2.24, 2.45) is 0 Å². The van der Waals surface area contributed by atoms with E-state index in [0.29, 0.717) is 5.92 Å². The molecular weight excluding hydrogens is 234 g/mol. The fraction of sp³-hybridized carbons (Fsp3) is 0.375. The molecular formula is C16H21N3. The van der Waals surface area contributed by atoms with Gasteiger partial charge < -0.3 is 5.32 Å². The van der Waals surface area contributed by atoms with Crippen LogP contribution in [0.2, 0.25) is 0 Å². The van der Waals surface area contributed by atoms with E-state index in [9.17, 15) is 0 Å². The number of hydrogen-bond acceptors (Lipinski definition) is 3. The lowest BCUT2D eigenvalue weighted by Gasteiger charge is -2.11. The molecule has 1 heterocycles. The molecule has 2 aromatic rings. The first kappa shape index (κ1) is 13.5. The van der Waals surface area contributed by atoms with Crippen LogP contribution in [-0.4, -0.2) is 16.7 Å². The van der Waals surface area contributed by atoms with E-state index in [0.717, 1.165) is 18.1 Å². The Hall–Kier alpha value is -1.90. The lowest BCUT2D eigenvalue weighted by molar-refractivity contribution is 0.866. The highest BCUT2D eigenvalue weighted by Gasteiger charge is 2.07. The zero-order chi connectivity index (χ0) is 13.8. The fourth-order valence-corrected chi connectivity index (χ4v) is 2.03. The molecule has 3 nitrogen and oxygen atoms in total. The lowest BCUT2D eigenvalue weighted by atomic mass is 9.96. The second-order valence-corrected chi connectivity index (χ2v) is 5.06. The molecule has 0 saturated carbocycles. The maximum Gasteiger partial charge on any atom is 0.148 e. The molecule has 0 aliphatic carbocycles. The van der Waals surface area contributed by atoms with Crippen LogP contribution in [0.4, 0.5) is 5.82 Å². The van der Waals surface area contributed by atoms with Crippen LogP contribution >= 0.6 is 0 Å². The predicted octanol–water partition coefficient (Wildman–Crippen LogP) is 4.01. The average Bonchev–Trinajstić information content (AvgIpc) is 2.40. The quantitative estimate of drug-likeness (QED) is 0.897. The van der Waals surface area contributed by atoms with Crippen molar-refractivity contribution >= 4 is 5.82 Å². The molecule has 0 unspecified atom stereocenters. The first-order valence-corrected chi connectivity index (χ1v) is 6.80. The Morgan fingerprint density at radius 3 is 2.47 bits per heavy atom. The molecule has 1 aromatic carbocycles. The highest BCUT2D eigenvalue weighted by Crippen LogP contribution is 2.26. The molecule has 0 aliphatic rings. The summed E-state index contributed by atoms with van der Waals surface area (Å²) in [5.41, 5.74) is 4.66. The second kappa shape index (κ2) is 5.83. The van der Waals surface area contributed by atoms with E-state index in [-0.39, 0.29) is 0 Å². The largest absolute Gasteiger partial charge is 0.369 e. The molecule has 0 atom stereocenters. The average molecular weight is 255 g/mol. The molecule has 1 N–H and O–H groups in total. The maximum atomic E-state index is 4.32. The number of aromatic nitrogens is 2. The number of benzene rings is 1. The molecule has 1 aromatic heterocycles. The number of aryl methyl sites for hydroxylation is 1. The summed E-state index contributed by atoms with van der Waals surface area (Å²) in [7, 11) is 0. The summed E-state index contributed by atoms with van der Waals surface area (Å²) in [6.45, 7) is 9.42. The first-order valence-electron chi connectivity index (χ1n) is 6.80. The Kier molecular flexibility index (Phi) is 4.15. The number of anilines is 1. The SMILES string of the molecule is CCNc1ccc(-c2cc(C(C)C)ccc2C)nn1. The third-order valence-corrected chi connectivity index (χ3v) is 3.23. The summed E-state index contributed by atoms with van der Waals surface area (Å²) in [6.07, 6.45) is 0. The van der Waals surface area contributed by atoms with Gasteiger partial charge in [0, 0.05) is 12.1 Å². The molecule has 0 spiro atoms. The van der Waals surface area contributed by atoms with Crippen molar-refractivity contribution in [3.63, 3.8) is 0 Å². The fourth-order valence-electron chi connectivity index (χ4n) is 2.03. The summed E-state index contributed by atoms with van der Waals surface area (Å²) < 4.78 is 0. The highest BCUT2D eigenvalue weighted by molar-refractivity contribution is 5.64. The van der Waals surface area contributed by atoms with Crippen LogP contribution in [-0.2, 0) is 0 Å². The molecule has 19 heavy (non-hydrogen) atoms. The van der Waals surface area contributed by atoms with E-state index < -0.39 is 0 Å². The van der Waals surface area contributed by atoms with E-state index in [1.165, 1.54) is 16.7 Å². The standard InChI is InChI=1S/C16H21N3/c1-5-17-16-9-8-15(18-19-16)14-10-13(11(2)3)7-6-12(14)4/h6-11H,5H2,1-4H3,(H,17,19). The topological polar surface area (TPSA) is 37.8 Å². The minimum atomic E-state index is 0.522. The van der Waals surface area contributed by atoms with Crippen molar-refractivity contribution in [1.82, 2.24) is 10.2 Å². The minimum Gasteiger partial charge on any atom is -0.369 e. The van der Waals surface area contributed by atoms with E-state index in [1.54, 1.807) is 0 Å². The number of nitrogens with zero attached hydrogens (tertiary/aromatic N) is 2. The van der Waals surface area contributed by atoms with Gasteiger partial charge in [-0.2, -0.15) is 0 Å². The van der Waals surface area contributed by atoms with E-state index in [1.807, 2.05) is 19.1 Å². The van der Waals surface area contributed by atoms with Crippen LogP contribution in [0.25, 0.3) is 11.3 Å². The first-order chi connectivity index (χ1) is 9.11. The molecule has 0 radical (unpaired) electrons. The van der Waals surface area contributed by atoms with Gasteiger partial charge in [0.05, 0.1) is 5.69 Å². The van der Waals surface area contributed by atoms with E-state index in [2.05, 4.69) is 54.5 Å². The monoisotopic (exact) mass is 255 g/mol. The Balaban J connectivity index is 2.37. The van der Waals surface area contributed by atoms with Gasteiger partial charge in [-0.25, -0.2) is 0 Å². The van der Waals surface area contributed by atoms with Gasteiger partial charge in [0.1, 0.15) is 5.82 Å². The Morgan fingerprint density at radius 1 is 1.11 bits per heavy atom. The summed E-state index contributed by atoms with van der Waals surface area (Å²) in [5.74, 6) is 1.34. The summed E-state index contributed by atoms with van der Waals surface area (Å²) in [6, 6.07) is 10.6. The Morgan fingerprint density at radius 2 is 1.89 bits per heavy atom.